The number of carbonyl (C=O) groups is 5. The van der Waals surface area contributed by atoms with Gasteiger partial charge in [-0.15, -0.1) is 0 Å². The third-order valence-electron chi connectivity index (χ3n) is 6.11. The van der Waals surface area contributed by atoms with Crippen LogP contribution in [0, 0.1) is 0 Å². The van der Waals surface area contributed by atoms with E-state index in [1.54, 1.807) is 12.1 Å². The summed E-state index contributed by atoms with van der Waals surface area (Å²) >= 11 is 0. The summed E-state index contributed by atoms with van der Waals surface area (Å²) in [5.41, 5.74) is 0.0844. The molecular formula is C26H36N4O7. The van der Waals surface area contributed by atoms with Crippen molar-refractivity contribution in [3.8, 4) is 0 Å². The largest absolute Gasteiger partial charge is 0.444 e. The fourth-order valence-electron chi connectivity index (χ4n) is 4.38. The number of nitrogens with one attached hydrogen (secondary N) is 3. The molecule has 0 saturated carbocycles. The van der Waals surface area contributed by atoms with Crippen LogP contribution in [0.15, 0.2) is 18.2 Å². The van der Waals surface area contributed by atoms with Gasteiger partial charge in [0, 0.05) is 18.7 Å². The zero-order valence-electron chi connectivity index (χ0n) is 21.6. The van der Waals surface area contributed by atoms with Gasteiger partial charge in [0.05, 0.1) is 11.1 Å². The maximum Gasteiger partial charge on any atom is 0.407 e. The van der Waals surface area contributed by atoms with E-state index in [2.05, 4.69) is 16.0 Å². The number of rotatable bonds is 11. The summed E-state index contributed by atoms with van der Waals surface area (Å²) in [6.45, 7) is 5.98. The number of carbonyl (C=O) groups excluding carboxylic acids is 5. The average molecular weight is 517 g/mol. The molecule has 0 radical (unpaired) electrons. The van der Waals surface area contributed by atoms with Gasteiger partial charge in [0.25, 0.3) is 11.8 Å². The van der Waals surface area contributed by atoms with Gasteiger partial charge in [-0.25, -0.2) is 4.79 Å². The highest BCUT2D eigenvalue weighted by molar-refractivity contribution is 6.25. The van der Waals surface area contributed by atoms with E-state index < -0.39 is 47.6 Å². The number of fused-ring (bicyclic) bond motifs is 1. The Morgan fingerprint density at radius 3 is 2.51 bits per heavy atom. The van der Waals surface area contributed by atoms with E-state index in [-0.39, 0.29) is 24.0 Å². The van der Waals surface area contributed by atoms with Crippen LogP contribution >= 0.6 is 0 Å². The predicted octanol–water partition coefficient (Wildman–Crippen LogP) is 2.68. The van der Waals surface area contributed by atoms with E-state index in [9.17, 15) is 29.1 Å². The van der Waals surface area contributed by atoms with Gasteiger partial charge in [-0.1, -0.05) is 25.3 Å². The van der Waals surface area contributed by atoms with Crippen LogP contribution in [0.25, 0.3) is 0 Å². The van der Waals surface area contributed by atoms with Crippen molar-refractivity contribution in [2.24, 2.45) is 0 Å². The molecule has 11 nitrogen and oxygen atoms in total. The number of hydrogen-bond donors (Lipinski definition) is 4. The minimum absolute atomic E-state index is 0.0495. The van der Waals surface area contributed by atoms with Gasteiger partial charge in [0.1, 0.15) is 17.9 Å². The summed E-state index contributed by atoms with van der Waals surface area (Å²) in [6.07, 6.45) is 3.57. The fourth-order valence-corrected chi connectivity index (χ4v) is 4.38. The number of imide groups is 2. The van der Waals surface area contributed by atoms with Crippen LogP contribution in [0.3, 0.4) is 0 Å². The number of hydrogen-bond acceptors (Lipinski definition) is 8. The average Bonchev–Trinajstić information content (AvgIpc) is 3.05. The van der Waals surface area contributed by atoms with E-state index in [0.717, 1.165) is 37.0 Å². The number of anilines is 1. The van der Waals surface area contributed by atoms with Crippen molar-refractivity contribution in [2.45, 2.75) is 90.0 Å². The molecule has 3 rings (SSSR count). The molecule has 2 unspecified atom stereocenters. The Hall–Kier alpha value is -3.47. The number of ether oxygens (including phenoxy) is 1. The van der Waals surface area contributed by atoms with E-state index >= 15 is 0 Å². The second kappa shape index (κ2) is 12.2. The molecule has 2 aliphatic rings. The minimum Gasteiger partial charge on any atom is -0.444 e. The monoisotopic (exact) mass is 516 g/mol. The first kappa shape index (κ1) is 28.1. The Balaban J connectivity index is 1.43. The number of unbranched alkanes of at least 4 members (excludes halogenated alkanes) is 4. The van der Waals surface area contributed by atoms with Crippen LogP contribution in [-0.2, 0) is 14.3 Å². The number of alkyl carbamates (subject to hydrolysis) is 1. The molecule has 0 bridgehead atoms. The van der Waals surface area contributed by atoms with Gasteiger partial charge in [0.15, 0.2) is 0 Å². The zero-order valence-corrected chi connectivity index (χ0v) is 21.6. The second-order valence-corrected chi connectivity index (χ2v) is 10.3. The molecule has 11 heteroatoms. The number of piperidine rings is 1. The highest BCUT2D eigenvalue weighted by Crippen LogP contribution is 2.32. The molecular weight excluding hydrogens is 480 g/mol. The summed E-state index contributed by atoms with van der Waals surface area (Å²) in [7, 11) is 0. The smallest absolute Gasteiger partial charge is 0.407 e. The predicted molar refractivity (Wildman–Crippen MR) is 135 cm³/mol. The van der Waals surface area contributed by atoms with Crippen LogP contribution < -0.4 is 16.0 Å². The van der Waals surface area contributed by atoms with Crippen molar-refractivity contribution in [2.75, 3.05) is 11.9 Å². The third kappa shape index (κ3) is 7.51. The van der Waals surface area contributed by atoms with Gasteiger partial charge < -0.3 is 20.5 Å². The van der Waals surface area contributed by atoms with Gasteiger partial charge in [0.2, 0.25) is 11.8 Å². The molecule has 2 atom stereocenters. The molecule has 5 amide bonds. The topological polar surface area (TPSA) is 154 Å². The molecule has 37 heavy (non-hydrogen) atoms. The first-order chi connectivity index (χ1) is 17.5. The maximum absolute atomic E-state index is 13.1. The molecule has 0 aromatic heterocycles. The molecule has 1 saturated heterocycles. The van der Waals surface area contributed by atoms with Crippen LogP contribution in [0.5, 0.6) is 0 Å². The minimum atomic E-state index is -1.04. The Bertz CT molecular complexity index is 1050. The molecule has 0 aliphatic carbocycles. The van der Waals surface area contributed by atoms with Crippen molar-refractivity contribution in [3.05, 3.63) is 29.3 Å². The zero-order chi connectivity index (χ0) is 27.2. The summed E-state index contributed by atoms with van der Waals surface area (Å²) in [5, 5.41) is 18.3. The lowest BCUT2D eigenvalue weighted by Gasteiger charge is -2.27. The fraction of sp³-hybridized carbons (Fsp3) is 0.577. The van der Waals surface area contributed by atoms with Gasteiger partial charge in [-0.3, -0.25) is 29.4 Å². The number of aliphatic hydroxyl groups is 1. The van der Waals surface area contributed by atoms with Crippen molar-refractivity contribution < 1.29 is 33.8 Å². The molecule has 1 aromatic rings. The van der Waals surface area contributed by atoms with Crippen LogP contribution in [0.1, 0.15) is 92.9 Å². The standard InChI is InChI=1S/C26H36N4O7/c1-26(2,3)37-25(36)27-15-8-6-4-5-7-12-19(31)28-17-11-9-10-16-21(17)24(35)30(23(16)34)18-13-14-20(32)29-22(18)33/h9-11,18-19,28,31H,4-8,12-15H2,1-3H3,(H,27,36)(H,29,32,33). The van der Waals surface area contributed by atoms with Crippen molar-refractivity contribution in [3.63, 3.8) is 0 Å². The number of amides is 5. The Kier molecular flexibility index (Phi) is 9.25. The van der Waals surface area contributed by atoms with Crippen molar-refractivity contribution in [1.82, 2.24) is 15.5 Å². The highest BCUT2D eigenvalue weighted by atomic mass is 16.6. The second-order valence-electron chi connectivity index (χ2n) is 10.3. The van der Waals surface area contributed by atoms with Crippen molar-refractivity contribution in [1.29, 1.82) is 0 Å². The van der Waals surface area contributed by atoms with E-state index in [4.69, 9.17) is 4.74 Å². The van der Waals surface area contributed by atoms with Gasteiger partial charge in [-0.2, -0.15) is 0 Å². The molecule has 1 fully saturated rings. The lowest BCUT2D eigenvalue weighted by Crippen LogP contribution is -2.54. The molecule has 4 N–H and O–H groups in total. The van der Waals surface area contributed by atoms with Crippen LogP contribution in [0.4, 0.5) is 10.5 Å². The summed E-state index contributed by atoms with van der Waals surface area (Å²) in [6, 6.07) is 3.69. The first-order valence-electron chi connectivity index (χ1n) is 12.7. The normalized spacial score (nSPS) is 18.4. The molecule has 1 aromatic carbocycles. The molecule has 202 valence electrons. The lowest BCUT2D eigenvalue weighted by atomic mass is 10.0. The summed E-state index contributed by atoms with van der Waals surface area (Å²) in [5.74, 6) is -2.31. The van der Waals surface area contributed by atoms with Gasteiger partial charge in [-0.05, 0) is 58.6 Å². The quantitative estimate of drug-likeness (QED) is 0.199. The van der Waals surface area contributed by atoms with Gasteiger partial charge >= 0.3 is 6.09 Å². The number of aliphatic hydroxyl groups excluding tert-OH is 1. The van der Waals surface area contributed by atoms with Crippen molar-refractivity contribution >= 4 is 35.4 Å². The highest BCUT2D eigenvalue weighted by Gasteiger charge is 2.45. The number of nitrogens with zero attached hydrogens (tertiary/aromatic N) is 1. The summed E-state index contributed by atoms with van der Waals surface area (Å²) in [4.78, 5) is 62.2. The van der Waals surface area contributed by atoms with Crippen LogP contribution in [0.2, 0.25) is 0 Å². The van der Waals surface area contributed by atoms with E-state index in [0.29, 0.717) is 18.7 Å². The maximum atomic E-state index is 13.1. The Morgan fingerprint density at radius 1 is 1.11 bits per heavy atom. The molecule has 0 spiro atoms. The number of benzene rings is 1. The van der Waals surface area contributed by atoms with E-state index in [1.807, 2.05) is 20.8 Å². The van der Waals surface area contributed by atoms with Crippen LogP contribution in [-0.4, -0.2) is 64.1 Å². The molecule has 2 aliphatic heterocycles. The lowest BCUT2D eigenvalue weighted by molar-refractivity contribution is -0.136. The Labute approximate surface area is 216 Å². The third-order valence-corrected chi connectivity index (χ3v) is 6.11. The SMILES string of the molecule is CC(C)(C)OC(=O)NCCCCCCCC(O)Nc1cccc2c1C(=O)N(C1CCC(=O)NC1=O)C2=O. The Morgan fingerprint density at radius 2 is 1.81 bits per heavy atom. The summed E-state index contributed by atoms with van der Waals surface area (Å²) < 4.78 is 5.19. The van der Waals surface area contributed by atoms with E-state index in [1.165, 1.54) is 6.07 Å². The first-order valence-corrected chi connectivity index (χ1v) is 12.7. The molecule has 2 heterocycles.